The van der Waals surface area contributed by atoms with Crippen molar-refractivity contribution in [3.8, 4) is 0 Å². The number of aldehydes is 1. The van der Waals surface area contributed by atoms with Gasteiger partial charge in [0.25, 0.3) is 0 Å². The molecule has 1 aromatic heterocycles. The average molecular weight is 450 g/mol. The van der Waals surface area contributed by atoms with Crippen LogP contribution in [0.25, 0.3) is 10.9 Å². The fraction of sp³-hybridized carbons (Fsp3) is 0.280. The molecule has 1 atom stereocenters. The van der Waals surface area contributed by atoms with Gasteiger partial charge in [-0.1, -0.05) is 55.1 Å². The SMILES string of the molecule is C=C(/C=C\C=C/C)CNC(=O)N[C@@H](CN(C)Cc1cccc2cccnc12)N(C=O)CC=O. The normalized spacial score (nSPS) is 12.2. The van der Waals surface area contributed by atoms with Crippen LogP contribution in [0.2, 0.25) is 0 Å². The smallest absolute Gasteiger partial charge is 0.316 e. The molecule has 0 fully saturated rings. The van der Waals surface area contributed by atoms with Crippen LogP contribution in [0.5, 0.6) is 0 Å². The molecule has 8 heteroatoms. The molecule has 0 saturated carbocycles. The van der Waals surface area contributed by atoms with Crippen LogP contribution in [0.3, 0.4) is 0 Å². The van der Waals surface area contributed by atoms with Gasteiger partial charge in [-0.25, -0.2) is 4.79 Å². The van der Waals surface area contributed by atoms with Gasteiger partial charge in [-0.2, -0.15) is 0 Å². The largest absolute Gasteiger partial charge is 0.334 e. The Morgan fingerprint density at radius 3 is 2.73 bits per heavy atom. The molecule has 0 saturated heterocycles. The maximum atomic E-state index is 12.5. The van der Waals surface area contributed by atoms with E-state index in [1.54, 1.807) is 12.3 Å². The van der Waals surface area contributed by atoms with Crippen LogP contribution in [0.4, 0.5) is 4.79 Å². The molecule has 174 valence electrons. The lowest BCUT2D eigenvalue weighted by atomic mass is 10.1. The molecule has 0 aliphatic carbocycles. The number of urea groups is 1. The highest BCUT2D eigenvalue weighted by Gasteiger charge is 2.21. The number of amides is 3. The molecule has 2 N–H and O–H groups in total. The number of para-hydroxylation sites is 1. The zero-order valence-corrected chi connectivity index (χ0v) is 19.1. The third-order valence-corrected chi connectivity index (χ3v) is 4.87. The molecule has 33 heavy (non-hydrogen) atoms. The van der Waals surface area contributed by atoms with Gasteiger partial charge in [-0.15, -0.1) is 0 Å². The highest BCUT2D eigenvalue weighted by Crippen LogP contribution is 2.17. The van der Waals surface area contributed by atoms with Gasteiger partial charge >= 0.3 is 6.03 Å². The number of nitrogens with one attached hydrogen (secondary N) is 2. The van der Waals surface area contributed by atoms with Crippen LogP contribution in [-0.4, -0.2) is 66.4 Å². The molecular weight excluding hydrogens is 418 g/mol. The third-order valence-electron chi connectivity index (χ3n) is 4.87. The van der Waals surface area contributed by atoms with Gasteiger partial charge in [0, 0.05) is 31.2 Å². The Labute approximate surface area is 194 Å². The molecule has 0 aliphatic rings. The van der Waals surface area contributed by atoms with Crippen molar-refractivity contribution in [3.63, 3.8) is 0 Å². The summed E-state index contributed by atoms with van der Waals surface area (Å²) in [6.07, 6.45) is 9.63. The summed E-state index contributed by atoms with van der Waals surface area (Å²) in [6, 6.07) is 9.40. The van der Waals surface area contributed by atoms with Crippen molar-refractivity contribution in [2.24, 2.45) is 0 Å². The first kappa shape index (κ1) is 25.5. The van der Waals surface area contributed by atoms with E-state index in [4.69, 9.17) is 0 Å². The number of hydrogen-bond donors (Lipinski definition) is 2. The Bertz CT molecular complexity index is 1010. The molecule has 0 bridgehead atoms. The van der Waals surface area contributed by atoms with E-state index in [9.17, 15) is 14.4 Å². The third kappa shape index (κ3) is 8.34. The topological polar surface area (TPSA) is 94.6 Å². The first-order chi connectivity index (χ1) is 16.0. The van der Waals surface area contributed by atoms with E-state index in [1.165, 1.54) is 4.90 Å². The van der Waals surface area contributed by atoms with E-state index < -0.39 is 12.2 Å². The molecule has 0 aliphatic heterocycles. The molecule has 8 nitrogen and oxygen atoms in total. The molecule has 0 unspecified atom stereocenters. The second-order valence-corrected chi connectivity index (χ2v) is 7.54. The fourth-order valence-electron chi connectivity index (χ4n) is 3.27. The molecule has 0 radical (unpaired) electrons. The number of rotatable bonds is 13. The van der Waals surface area contributed by atoms with Gasteiger partial charge in [0.15, 0.2) is 0 Å². The Morgan fingerprint density at radius 2 is 2.00 bits per heavy atom. The van der Waals surface area contributed by atoms with Crippen LogP contribution < -0.4 is 10.6 Å². The van der Waals surface area contributed by atoms with Gasteiger partial charge < -0.3 is 20.3 Å². The zero-order chi connectivity index (χ0) is 24.1. The van der Waals surface area contributed by atoms with Crippen LogP contribution in [-0.2, 0) is 16.1 Å². The Balaban J connectivity index is 2.05. The molecule has 1 aromatic carbocycles. The quantitative estimate of drug-likeness (QED) is 0.279. The van der Waals surface area contributed by atoms with Crippen LogP contribution in [0.15, 0.2) is 73.0 Å². The predicted molar refractivity (Wildman–Crippen MR) is 130 cm³/mol. The van der Waals surface area contributed by atoms with E-state index in [1.807, 2.05) is 67.4 Å². The minimum absolute atomic E-state index is 0.128. The van der Waals surface area contributed by atoms with Crippen LogP contribution in [0.1, 0.15) is 12.5 Å². The summed E-state index contributed by atoms with van der Waals surface area (Å²) in [7, 11) is 1.88. The van der Waals surface area contributed by atoms with Crippen LogP contribution in [0, 0.1) is 0 Å². The predicted octanol–water partition coefficient (Wildman–Crippen LogP) is 2.64. The number of allylic oxidation sites excluding steroid dienone is 3. The lowest BCUT2D eigenvalue weighted by Crippen LogP contribution is -2.55. The Morgan fingerprint density at radius 1 is 1.21 bits per heavy atom. The highest BCUT2D eigenvalue weighted by molar-refractivity contribution is 5.81. The van der Waals surface area contributed by atoms with Crippen molar-refractivity contribution in [2.45, 2.75) is 19.6 Å². The Hall–Kier alpha value is -3.78. The molecule has 2 rings (SSSR count). The molecule has 3 amide bonds. The second kappa shape index (κ2) is 13.6. The number of aromatic nitrogens is 1. The van der Waals surface area contributed by atoms with Crippen molar-refractivity contribution in [1.29, 1.82) is 0 Å². The molecule has 0 spiro atoms. The minimum atomic E-state index is -0.701. The molecule has 1 heterocycles. The van der Waals surface area contributed by atoms with E-state index in [-0.39, 0.29) is 13.1 Å². The van der Waals surface area contributed by atoms with Gasteiger partial charge in [0.05, 0.1) is 12.1 Å². The van der Waals surface area contributed by atoms with Gasteiger partial charge in [-0.05, 0) is 31.2 Å². The summed E-state index contributed by atoms with van der Waals surface area (Å²) < 4.78 is 0. The van der Waals surface area contributed by atoms with Crippen molar-refractivity contribution in [2.75, 3.05) is 26.7 Å². The minimum Gasteiger partial charge on any atom is -0.334 e. The second-order valence-electron chi connectivity index (χ2n) is 7.54. The molecule has 2 aromatic rings. The maximum absolute atomic E-state index is 12.5. The van der Waals surface area contributed by atoms with Crippen LogP contribution >= 0.6 is 0 Å². The number of nitrogens with zero attached hydrogens (tertiary/aromatic N) is 3. The fourth-order valence-corrected chi connectivity index (χ4v) is 3.27. The summed E-state index contributed by atoms with van der Waals surface area (Å²) >= 11 is 0. The maximum Gasteiger partial charge on any atom is 0.316 e. The number of fused-ring (bicyclic) bond motifs is 1. The summed E-state index contributed by atoms with van der Waals surface area (Å²) in [5.74, 6) is 0. The molecular formula is C25H31N5O3. The lowest BCUT2D eigenvalue weighted by Gasteiger charge is -2.31. The number of benzene rings is 1. The van der Waals surface area contributed by atoms with Crippen molar-refractivity contribution in [1.82, 2.24) is 25.4 Å². The first-order valence-electron chi connectivity index (χ1n) is 10.7. The summed E-state index contributed by atoms with van der Waals surface area (Å²) in [5.41, 5.74) is 2.65. The standard InChI is InChI=1S/C25H31N5O3/c1-4-5-6-9-20(2)16-27-25(33)28-23(30(19-32)14-15-31)18-29(3)17-22-11-7-10-21-12-8-13-26-24(21)22/h4-13,15,19,23H,2,14,16-18H2,1,3H3,(H2,27,28,33)/b5-4-,9-6-/t23-/m1/s1. The summed E-state index contributed by atoms with van der Waals surface area (Å²) in [4.78, 5) is 42.8. The van der Waals surface area contributed by atoms with Crippen molar-refractivity contribution in [3.05, 3.63) is 78.5 Å². The Kier molecular flexibility index (Phi) is 10.5. The van der Waals surface area contributed by atoms with Crippen molar-refractivity contribution >= 4 is 29.6 Å². The van der Waals surface area contributed by atoms with Gasteiger partial charge in [0.1, 0.15) is 12.5 Å². The number of pyridine rings is 1. The monoisotopic (exact) mass is 449 g/mol. The van der Waals surface area contributed by atoms with Crippen molar-refractivity contribution < 1.29 is 14.4 Å². The van der Waals surface area contributed by atoms with E-state index in [0.29, 0.717) is 25.8 Å². The zero-order valence-electron chi connectivity index (χ0n) is 19.1. The number of carbonyl (C=O) groups excluding carboxylic acids is 3. The summed E-state index contributed by atoms with van der Waals surface area (Å²) in [6.45, 7) is 6.78. The average Bonchev–Trinajstić information content (AvgIpc) is 2.81. The summed E-state index contributed by atoms with van der Waals surface area (Å²) in [5, 5.41) is 6.54. The van der Waals surface area contributed by atoms with E-state index >= 15 is 0 Å². The van der Waals surface area contributed by atoms with Gasteiger partial charge in [-0.3, -0.25) is 14.7 Å². The number of carbonyl (C=O) groups is 3. The van der Waals surface area contributed by atoms with E-state index in [2.05, 4.69) is 22.2 Å². The first-order valence-corrected chi connectivity index (χ1v) is 10.7. The van der Waals surface area contributed by atoms with Gasteiger partial charge in [0.2, 0.25) is 6.41 Å². The highest BCUT2D eigenvalue weighted by atomic mass is 16.2. The number of hydrogen-bond acceptors (Lipinski definition) is 5. The lowest BCUT2D eigenvalue weighted by molar-refractivity contribution is -0.124. The van der Waals surface area contributed by atoms with E-state index in [0.717, 1.165) is 22.0 Å². The number of likely N-dealkylation sites (N-methyl/N-ethyl adjacent to an activating group) is 1.